The van der Waals surface area contributed by atoms with E-state index < -0.39 is 0 Å². The van der Waals surface area contributed by atoms with Crippen LogP contribution in [0.25, 0.3) is 0 Å². The van der Waals surface area contributed by atoms with Crippen molar-refractivity contribution >= 4 is 0 Å². The molecule has 0 N–H and O–H groups in total. The summed E-state index contributed by atoms with van der Waals surface area (Å²) in [7, 11) is 0. The Balaban J connectivity index is 1.84. The van der Waals surface area contributed by atoms with Gasteiger partial charge in [-0.15, -0.1) is 0 Å². The molecule has 0 aliphatic heterocycles. The lowest BCUT2D eigenvalue weighted by atomic mass is 9.46. The largest absolute Gasteiger partial charge is 0.0654 e. The summed E-state index contributed by atoms with van der Waals surface area (Å²) in [4.78, 5) is 0. The summed E-state index contributed by atoms with van der Waals surface area (Å²) >= 11 is 0. The maximum Gasteiger partial charge on any atom is 0.0105 e. The summed E-state index contributed by atoms with van der Waals surface area (Å²) in [6, 6.07) is 11.4. The minimum atomic E-state index is 0.542. The van der Waals surface area contributed by atoms with Crippen LogP contribution >= 0.6 is 0 Å². The normalized spacial score (nSPS) is 51.7. The molecule has 3 saturated carbocycles. The minimum absolute atomic E-state index is 0.542. The summed E-state index contributed by atoms with van der Waals surface area (Å²) < 4.78 is 0. The molecular weight excluding hydrogens is 216 g/mol. The van der Waals surface area contributed by atoms with Crippen LogP contribution in [0.2, 0.25) is 0 Å². The monoisotopic (exact) mass is 240 g/mol. The third-order valence-corrected chi connectivity index (χ3v) is 7.32. The molecule has 0 spiro atoms. The van der Waals surface area contributed by atoms with Crippen molar-refractivity contribution in [2.24, 2.45) is 22.7 Å². The number of rotatable bonds is 3. The van der Waals surface area contributed by atoms with Crippen LogP contribution in [0.3, 0.4) is 0 Å². The van der Waals surface area contributed by atoms with Gasteiger partial charge < -0.3 is 0 Å². The Hall–Kier alpha value is -0.780. The second-order valence-electron chi connectivity index (χ2n) is 7.25. The molecule has 0 bridgehead atoms. The summed E-state index contributed by atoms with van der Waals surface area (Å²) in [5.74, 6) is 2.04. The molecule has 3 fully saturated rings. The van der Waals surface area contributed by atoms with Gasteiger partial charge >= 0.3 is 0 Å². The summed E-state index contributed by atoms with van der Waals surface area (Å²) in [6.45, 7) is 7.53. The first-order valence-corrected chi connectivity index (χ1v) is 7.70. The first-order chi connectivity index (χ1) is 8.64. The van der Waals surface area contributed by atoms with E-state index >= 15 is 0 Å². The molecule has 0 radical (unpaired) electrons. The van der Waals surface area contributed by atoms with Gasteiger partial charge in [0.2, 0.25) is 0 Å². The molecule has 0 aromatic heterocycles. The molecule has 0 heteroatoms. The molecule has 0 saturated heterocycles. The van der Waals surface area contributed by atoms with Crippen LogP contribution in [0.1, 0.15) is 52.0 Å². The SMILES string of the molecule is CCC[C@@]1(C)[C@]2(C)[C@H]3CC[C@@H]3[C@]12c1ccccc1. The lowest BCUT2D eigenvalue weighted by molar-refractivity contribution is -0.0483. The zero-order chi connectivity index (χ0) is 12.6. The lowest BCUT2D eigenvalue weighted by Crippen LogP contribution is -2.54. The van der Waals surface area contributed by atoms with Gasteiger partial charge in [0.05, 0.1) is 0 Å². The van der Waals surface area contributed by atoms with Gasteiger partial charge in [-0.05, 0) is 47.5 Å². The van der Waals surface area contributed by atoms with Crippen LogP contribution < -0.4 is 0 Å². The lowest BCUT2D eigenvalue weighted by Gasteiger charge is -2.58. The summed E-state index contributed by atoms with van der Waals surface area (Å²) in [5, 5.41) is 0. The van der Waals surface area contributed by atoms with Crippen molar-refractivity contribution < 1.29 is 0 Å². The van der Waals surface area contributed by atoms with E-state index in [2.05, 4.69) is 51.1 Å². The van der Waals surface area contributed by atoms with Crippen LogP contribution in [-0.4, -0.2) is 0 Å². The van der Waals surface area contributed by atoms with Crippen LogP contribution in [0.15, 0.2) is 30.3 Å². The number of fused-ring (bicyclic) bond motifs is 4. The number of benzene rings is 1. The predicted molar refractivity (Wildman–Crippen MR) is 75.5 cm³/mol. The van der Waals surface area contributed by atoms with Crippen LogP contribution in [0.5, 0.6) is 0 Å². The minimum Gasteiger partial charge on any atom is -0.0654 e. The van der Waals surface area contributed by atoms with E-state index in [-0.39, 0.29) is 0 Å². The zero-order valence-electron chi connectivity index (χ0n) is 11.9. The molecular formula is C18H24. The van der Waals surface area contributed by atoms with E-state index in [9.17, 15) is 0 Å². The molecule has 4 rings (SSSR count). The fourth-order valence-electron chi connectivity index (χ4n) is 6.65. The highest BCUT2D eigenvalue weighted by molar-refractivity contribution is 5.55. The van der Waals surface area contributed by atoms with Crippen molar-refractivity contribution in [1.82, 2.24) is 0 Å². The molecule has 0 nitrogen and oxygen atoms in total. The maximum absolute atomic E-state index is 2.59. The van der Waals surface area contributed by atoms with Crippen LogP contribution in [-0.2, 0) is 5.41 Å². The molecule has 0 amide bonds. The molecule has 0 heterocycles. The molecule has 3 aliphatic carbocycles. The van der Waals surface area contributed by atoms with Crippen molar-refractivity contribution in [2.75, 3.05) is 0 Å². The first-order valence-electron chi connectivity index (χ1n) is 7.70. The standard InChI is InChI=1S/C18H24/c1-4-12-16(2)17(3)14-10-11-15(14)18(16,17)13-8-6-5-7-9-13/h5-9,14-15H,4,10-12H2,1-3H3/t14-,15-,16-,17-,18+/m0/s1. The molecule has 5 atom stereocenters. The van der Waals surface area contributed by atoms with Crippen molar-refractivity contribution in [3.8, 4) is 0 Å². The molecule has 96 valence electrons. The molecule has 1 aromatic rings. The Morgan fingerprint density at radius 2 is 1.72 bits per heavy atom. The van der Waals surface area contributed by atoms with Gasteiger partial charge in [0.25, 0.3) is 0 Å². The molecule has 18 heavy (non-hydrogen) atoms. The average Bonchev–Trinajstić information content (AvgIpc) is 2.69. The zero-order valence-corrected chi connectivity index (χ0v) is 11.9. The fourth-order valence-corrected chi connectivity index (χ4v) is 6.65. The summed E-state index contributed by atoms with van der Waals surface area (Å²) in [5.41, 5.74) is 3.37. The van der Waals surface area contributed by atoms with Crippen molar-refractivity contribution in [3.63, 3.8) is 0 Å². The van der Waals surface area contributed by atoms with Crippen LogP contribution in [0.4, 0.5) is 0 Å². The molecule has 1 aromatic carbocycles. The first kappa shape index (κ1) is 11.1. The van der Waals surface area contributed by atoms with Gasteiger partial charge in [0, 0.05) is 5.41 Å². The van der Waals surface area contributed by atoms with E-state index in [1.54, 1.807) is 5.56 Å². The number of hydrogen-bond acceptors (Lipinski definition) is 0. The highest BCUT2D eigenvalue weighted by Gasteiger charge is 2.95. The van der Waals surface area contributed by atoms with Crippen molar-refractivity contribution in [3.05, 3.63) is 35.9 Å². The van der Waals surface area contributed by atoms with Crippen molar-refractivity contribution in [2.45, 2.75) is 51.9 Å². The number of hydrogen-bond donors (Lipinski definition) is 0. The summed E-state index contributed by atoms with van der Waals surface area (Å²) in [6.07, 6.45) is 5.72. The van der Waals surface area contributed by atoms with Gasteiger partial charge in [-0.1, -0.05) is 57.5 Å². The second-order valence-corrected chi connectivity index (χ2v) is 7.25. The Kier molecular flexibility index (Phi) is 1.86. The van der Waals surface area contributed by atoms with E-state index in [0.717, 1.165) is 11.8 Å². The Bertz CT molecular complexity index is 490. The maximum atomic E-state index is 2.59. The Labute approximate surface area is 111 Å². The van der Waals surface area contributed by atoms with Gasteiger partial charge in [-0.25, -0.2) is 0 Å². The van der Waals surface area contributed by atoms with E-state index in [0.29, 0.717) is 16.2 Å². The van der Waals surface area contributed by atoms with Crippen LogP contribution in [0, 0.1) is 22.7 Å². The van der Waals surface area contributed by atoms with Gasteiger partial charge in [0.15, 0.2) is 0 Å². The van der Waals surface area contributed by atoms with Gasteiger partial charge in [-0.2, -0.15) is 0 Å². The molecule has 3 aliphatic rings. The van der Waals surface area contributed by atoms with Crippen molar-refractivity contribution in [1.29, 1.82) is 0 Å². The highest BCUT2D eigenvalue weighted by Crippen LogP contribution is 2.97. The highest BCUT2D eigenvalue weighted by atomic mass is 15.0. The Morgan fingerprint density at radius 3 is 2.28 bits per heavy atom. The van der Waals surface area contributed by atoms with Gasteiger partial charge in [-0.3, -0.25) is 0 Å². The smallest absolute Gasteiger partial charge is 0.0105 e. The van der Waals surface area contributed by atoms with Gasteiger partial charge in [0.1, 0.15) is 0 Å². The van der Waals surface area contributed by atoms with E-state index in [4.69, 9.17) is 0 Å². The third kappa shape index (κ3) is 0.770. The average molecular weight is 240 g/mol. The topological polar surface area (TPSA) is 0 Å². The predicted octanol–water partition coefficient (Wildman–Crippen LogP) is 4.79. The van der Waals surface area contributed by atoms with E-state index in [1.165, 1.54) is 25.7 Å². The molecule has 0 unspecified atom stereocenters. The Morgan fingerprint density at radius 1 is 1.06 bits per heavy atom. The fraction of sp³-hybridized carbons (Fsp3) is 0.667. The van der Waals surface area contributed by atoms with E-state index in [1.807, 2.05) is 0 Å². The quantitative estimate of drug-likeness (QED) is 0.712. The third-order valence-electron chi connectivity index (χ3n) is 7.32. The second kappa shape index (κ2) is 3.03.